The summed E-state index contributed by atoms with van der Waals surface area (Å²) in [5, 5.41) is 10.1. The zero-order valence-corrected chi connectivity index (χ0v) is 11.1. The number of rotatable bonds is 3. The number of nitrogens with zero attached hydrogens (tertiary/aromatic N) is 3. The maximum atomic E-state index is 11.0. The molecule has 8 nitrogen and oxygen atoms in total. The number of H-pyrrole nitrogens is 1. The number of urea groups is 1. The molecular weight excluding hydrogens is 272 g/mol. The average molecular weight is 284 g/mol. The normalized spacial score (nSPS) is 10.5. The number of carbonyl (C=O) groups excluding carboxylic acids is 1. The Morgan fingerprint density at radius 2 is 2.14 bits per heavy atom. The van der Waals surface area contributed by atoms with Gasteiger partial charge in [-0.1, -0.05) is 0 Å². The van der Waals surface area contributed by atoms with Crippen LogP contribution in [0.4, 0.5) is 10.5 Å². The Labute approximate surface area is 119 Å². The van der Waals surface area contributed by atoms with Crippen molar-refractivity contribution in [2.24, 2.45) is 5.73 Å². The van der Waals surface area contributed by atoms with E-state index >= 15 is 0 Å². The van der Waals surface area contributed by atoms with Gasteiger partial charge in [-0.2, -0.15) is 10.2 Å². The van der Waals surface area contributed by atoms with Crippen LogP contribution in [-0.2, 0) is 0 Å². The Balaban J connectivity index is 2.07. The lowest BCUT2D eigenvalue weighted by molar-refractivity contribution is 0.259. The molecule has 4 N–H and O–H groups in total. The second-order valence-electron chi connectivity index (χ2n) is 4.28. The van der Waals surface area contributed by atoms with Crippen molar-refractivity contribution >= 4 is 22.8 Å². The number of nitrogens with one attached hydrogen (secondary N) is 2. The minimum Gasteiger partial charge on any atom is -0.495 e. The first kappa shape index (κ1) is 12.9. The molecule has 106 valence electrons. The lowest BCUT2D eigenvalue weighted by atomic mass is 10.1. The van der Waals surface area contributed by atoms with Crippen LogP contribution in [0.1, 0.15) is 0 Å². The third-order valence-corrected chi connectivity index (χ3v) is 2.93. The number of methoxy groups -OCH3 is 1. The topological polar surface area (TPSA) is 119 Å². The highest BCUT2D eigenvalue weighted by molar-refractivity contribution is 5.91. The highest BCUT2D eigenvalue weighted by Crippen LogP contribution is 2.30. The fourth-order valence-electron chi connectivity index (χ4n) is 2.00. The van der Waals surface area contributed by atoms with Gasteiger partial charge in [0, 0.05) is 5.56 Å². The fraction of sp³-hybridized carbons (Fsp3) is 0.0769. The summed E-state index contributed by atoms with van der Waals surface area (Å²) in [6, 6.07) is 4.61. The van der Waals surface area contributed by atoms with Gasteiger partial charge < -0.3 is 20.8 Å². The summed E-state index contributed by atoms with van der Waals surface area (Å²) in [6.45, 7) is 0. The molecule has 0 aliphatic heterocycles. The van der Waals surface area contributed by atoms with Crippen LogP contribution in [0.25, 0.3) is 22.4 Å². The number of aromatic nitrogens is 4. The van der Waals surface area contributed by atoms with Crippen molar-refractivity contribution in [3.05, 3.63) is 30.6 Å². The van der Waals surface area contributed by atoms with E-state index in [4.69, 9.17) is 10.5 Å². The van der Waals surface area contributed by atoms with E-state index < -0.39 is 6.03 Å². The van der Waals surface area contributed by atoms with Crippen molar-refractivity contribution in [2.45, 2.75) is 0 Å². The number of carbonyl (C=O) groups is 1. The molecule has 2 amide bonds. The lowest BCUT2D eigenvalue weighted by Gasteiger charge is -2.09. The molecule has 3 aromatic rings. The number of primary amides is 1. The molecule has 3 rings (SSSR count). The smallest absolute Gasteiger partial charge is 0.316 e. The molecule has 0 fully saturated rings. The molecule has 0 bridgehead atoms. The van der Waals surface area contributed by atoms with Gasteiger partial charge in [-0.3, -0.25) is 0 Å². The molecule has 0 radical (unpaired) electrons. The monoisotopic (exact) mass is 284 g/mol. The first-order chi connectivity index (χ1) is 10.2. The Morgan fingerprint density at radius 1 is 1.33 bits per heavy atom. The van der Waals surface area contributed by atoms with Crippen LogP contribution in [0.2, 0.25) is 0 Å². The third-order valence-electron chi connectivity index (χ3n) is 2.93. The zero-order valence-electron chi connectivity index (χ0n) is 11.1. The number of amides is 2. The van der Waals surface area contributed by atoms with Gasteiger partial charge in [0.1, 0.15) is 17.1 Å². The highest BCUT2D eigenvalue weighted by atomic mass is 16.5. The second-order valence-corrected chi connectivity index (χ2v) is 4.28. The van der Waals surface area contributed by atoms with Gasteiger partial charge in [0.15, 0.2) is 0 Å². The molecule has 0 aliphatic carbocycles. The molecule has 0 unspecified atom stereocenters. The number of fused-ring (bicyclic) bond motifs is 1. The maximum absolute atomic E-state index is 11.0. The molecule has 8 heteroatoms. The van der Waals surface area contributed by atoms with Crippen molar-refractivity contribution in [1.29, 1.82) is 0 Å². The SMILES string of the molecule is COc1ccc(-c2nc3cnncc3[nH]2)cc1NC(N)=O. The standard InChI is InChI=1S/C13H12N6O2/c1-21-11-3-2-7(4-8(11)19-13(14)20)12-17-9-5-15-16-6-10(9)18-12/h2-6H,1H3,(H,17,18)(H3,14,19,20). The minimum atomic E-state index is -0.663. The van der Waals surface area contributed by atoms with Crippen LogP contribution >= 0.6 is 0 Å². The Bertz CT molecular complexity index is 780. The summed E-state index contributed by atoms with van der Waals surface area (Å²) >= 11 is 0. The number of imidazole rings is 1. The van der Waals surface area contributed by atoms with E-state index in [1.807, 2.05) is 6.07 Å². The molecule has 0 atom stereocenters. The number of anilines is 1. The molecule has 21 heavy (non-hydrogen) atoms. The van der Waals surface area contributed by atoms with Crippen molar-refractivity contribution < 1.29 is 9.53 Å². The summed E-state index contributed by atoms with van der Waals surface area (Å²) in [5.41, 5.74) is 7.88. The minimum absolute atomic E-state index is 0.471. The fourth-order valence-corrected chi connectivity index (χ4v) is 2.00. The molecular formula is C13H12N6O2. The summed E-state index contributed by atoms with van der Waals surface area (Å²) in [4.78, 5) is 18.6. The number of hydrogen-bond donors (Lipinski definition) is 3. The predicted octanol–water partition coefficient (Wildman–Crippen LogP) is 1.52. The Hall–Kier alpha value is -3.16. The maximum Gasteiger partial charge on any atom is 0.316 e. The summed E-state index contributed by atoms with van der Waals surface area (Å²) in [5.74, 6) is 1.15. The van der Waals surface area contributed by atoms with Crippen LogP contribution in [0, 0.1) is 0 Å². The van der Waals surface area contributed by atoms with E-state index in [-0.39, 0.29) is 0 Å². The lowest BCUT2D eigenvalue weighted by Crippen LogP contribution is -2.19. The number of ether oxygens (including phenoxy) is 1. The predicted molar refractivity (Wildman–Crippen MR) is 76.9 cm³/mol. The van der Waals surface area contributed by atoms with Gasteiger partial charge in [-0.25, -0.2) is 9.78 Å². The third kappa shape index (κ3) is 2.46. The Morgan fingerprint density at radius 3 is 2.86 bits per heavy atom. The van der Waals surface area contributed by atoms with Crippen LogP contribution in [0.15, 0.2) is 30.6 Å². The first-order valence-corrected chi connectivity index (χ1v) is 6.08. The molecule has 0 saturated heterocycles. The van der Waals surface area contributed by atoms with E-state index in [9.17, 15) is 4.79 Å². The molecule has 0 spiro atoms. The summed E-state index contributed by atoms with van der Waals surface area (Å²) in [6.07, 6.45) is 3.17. The molecule has 0 aliphatic rings. The van der Waals surface area contributed by atoms with E-state index in [1.54, 1.807) is 24.5 Å². The largest absolute Gasteiger partial charge is 0.495 e. The molecule has 2 aromatic heterocycles. The van der Waals surface area contributed by atoms with Gasteiger partial charge >= 0.3 is 6.03 Å². The van der Waals surface area contributed by atoms with Crippen molar-refractivity contribution in [2.75, 3.05) is 12.4 Å². The summed E-state index contributed by atoms with van der Waals surface area (Å²) in [7, 11) is 1.51. The summed E-state index contributed by atoms with van der Waals surface area (Å²) < 4.78 is 5.18. The van der Waals surface area contributed by atoms with E-state index in [2.05, 4.69) is 25.5 Å². The second kappa shape index (κ2) is 5.08. The van der Waals surface area contributed by atoms with Gasteiger partial charge in [-0.05, 0) is 18.2 Å². The number of benzene rings is 1. The van der Waals surface area contributed by atoms with Crippen LogP contribution < -0.4 is 15.8 Å². The van der Waals surface area contributed by atoms with Crippen LogP contribution in [-0.4, -0.2) is 33.3 Å². The van der Waals surface area contributed by atoms with Crippen LogP contribution in [0.5, 0.6) is 5.75 Å². The zero-order chi connectivity index (χ0) is 14.8. The van der Waals surface area contributed by atoms with E-state index in [0.29, 0.717) is 22.8 Å². The Kier molecular flexibility index (Phi) is 3.11. The highest BCUT2D eigenvalue weighted by Gasteiger charge is 2.10. The van der Waals surface area contributed by atoms with E-state index in [0.717, 1.165) is 11.1 Å². The first-order valence-electron chi connectivity index (χ1n) is 6.08. The molecule has 1 aromatic carbocycles. The van der Waals surface area contributed by atoms with Gasteiger partial charge in [0.2, 0.25) is 0 Å². The van der Waals surface area contributed by atoms with Crippen molar-refractivity contribution in [1.82, 2.24) is 20.2 Å². The quantitative estimate of drug-likeness (QED) is 0.673. The van der Waals surface area contributed by atoms with Crippen LogP contribution in [0.3, 0.4) is 0 Å². The molecule has 2 heterocycles. The molecule has 0 saturated carbocycles. The van der Waals surface area contributed by atoms with E-state index in [1.165, 1.54) is 7.11 Å². The number of aromatic amines is 1. The van der Waals surface area contributed by atoms with Crippen molar-refractivity contribution in [3.8, 4) is 17.1 Å². The average Bonchev–Trinajstić information content (AvgIpc) is 2.90. The van der Waals surface area contributed by atoms with Gasteiger partial charge in [-0.15, -0.1) is 0 Å². The number of hydrogen-bond acceptors (Lipinski definition) is 5. The van der Waals surface area contributed by atoms with Gasteiger partial charge in [0.25, 0.3) is 0 Å². The van der Waals surface area contributed by atoms with Crippen molar-refractivity contribution in [3.63, 3.8) is 0 Å². The number of nitrogens with two attached hydrogens (primary N) is 1. The van der Waals surface area contributed by atoms with Gasteiger partial charge in [0.05, 0.1) is 30.7 Å².